The van der Waals surface area contributed by atoms with E-state index >= 15 is 0 Å². The lowest BCUT2D eigenvalue weighted by Crippen LogP contribution is -2.29. The van der Waals surface area contributed by atoms with Crippen LogP contribution in [0.15, 0.2) is 0 Å². The first-order valence-electron chi connectivity index (χ1n) is 4.95. The summed E-state index contributed by atoms with van der Waals surface area (Å²) in [5.74, 6) is 1.61. The van der Waals surface area contributed by atoms with E-state index in [0.29, 0.717) is 23.7 Å². The maximum atomic E-state index is 11.4. The van der Waals surface area contributed by atoms with Crippen LogP contribution in [0.25, 0.3) is 0 Å². The minimum absolute atomic E-state index is 0.396. The van der Waals surface area contributed by atoms with Gasteiger partial charge in [0.2, 0.25) is 0 Å². The molecular formula is C10H17NO. The molecule has 0 aromatic heterocycles. The van der Waals surface area contributed by atoms with Gasteiger partial charge in [-0.1, -0.05) is 0 Å². The summed E-state index contributed by atoms with van der Waals surface area (Å²) in [6, 6.07) is 0.614. The van der Waals surface area contributed by atoms with Crippen LogP contribution in [0.2, 0.25) is 0 Å². The van der Waals surface area contributed by atoms with Crippen LogP contribution < -0.4 is 0 Å². The van der Waals surface area contributed by atoms with E-state index < -0.39 is 0 Å². The molecule has 2 atom stereocenters. The van der Waals surface area contributed by atoms with Crippen molar-refractivity contribution in [3.05, 3.63) is 0 Å². The fraction of sp³-hybridized carbons (Fsp3) is 0.900. The third kappa shape index (κ3) is 1.18. The van der Waals surface area contributed by atoms with Gasteiger partial charge in [-0.15, -0.1) is 0 Å². The summed E-state index contributed by atoms with van der Waals surface area (Å²) in [7, 11) is 0. The Morgan fingerprint density at radius 1 is 1.42 bits per heavy atom. The molecule has 1 saturated heterocycles. The summed E-state index contributed by atoms with van der Waals surface area (Å²) in [6.07, 6.45) is 1.99. The molecule has 68 valence electrons. The molecule has 0 unspecified atom stereocenters. The number of carbonyl (C=O) groups is 1. The van der Waals surface area contributed by atoms with Crippen LogP contribution in [0.1, 0.15) is 26.7 Å². The molecule has 0 spiro atoms. The van der Waals surface area contributed by atoms with E-state index in [1.807, 2.05) is 0 Å². The van der Waals surface area contributed by atoms with Gasteiger partial charge in [0.25, 0.3) is 0 Å². The van der Waals surface area contributed by atoms with Crippen LogP contribution in [0, 0.1) is 11.8 Å². The van der Waals surface area contributed by atoms with Crippen molar-refractivity contribution in [3.8, 4) is 0 Å². The van der Waals surface area contributed by atoms with Crippen LogP contribution in [-0.4, -0.2) is 29.8 Å². The molecule has 0 aromatic carbocycles. The summed E-state index contributed by atoms with van der Waals surface area (Å²) < 4.78 is 0. The topological polar surface area (TPSA) is 20.3 Å². The predicted octanol–water partition coefficient (Wildman–Crippen LogP) is 1.31. The largest absolute Gasteiger partial charge is 0.300 e. The lowest BCUT2D eigenvalue weighted by atomic mass is 10.0. The number of Topliss-reactive ketones (excluding diaryl/α,β-unsaturated/α-hetero) is 1. The van der Waals surface area contributed by atoms with Crippen LogP contribution >= 0.6 is 0 Å². The second-order valence-corrected chi connectivity index (χ2v) is 4.42. The Kier molecular flexibility index (Phi) is 1.95. The fourth-order valence-corrected chi connectivity index (χ4v) is 2.50. The highest BCUT2D eigenvalue weighted by Crippen LogP contribution is 2.35. The molecule has 0 aromatic rings. The minimum atomic E-state index is 0.396. The fourth-order valence-electron chi connectivity index (χ4n) is 2.50. The Balaban J connectivity index is 2.03. The first-order chi connectivity index (χ1) is 5.68. The number of rotatable bonds is 1. The molecule has 1 aliphatic carbocycles. The van der Waals surface area contributed by atoms with Gasteiger partial charge in [-0.2, -0.15) is 0 Å². The van der Waals surface area contributed by atoms with E-state index in [4.69, 9.17) is 0 Å². The van der Waals surface area contributed by atoms with E-state index in [2.05, 4.69) is 18.7 Å². The van der Waals surface area contributed by atoms with Gasteiger partial charge in [-0.3, -0.25) is 9.69 Å². The van der Waals surface area contributed by atoms with Crippen LogP contribution in [-0.2, 0) is 4.79 Å². The average molecular weight is 167 g/mol. The highest BCUT2D eigenvalue weighted by atomic mass is 16.1. The molecule has 0 N–H and O–H groups in total. The monoisotopic (exact) mass is 167 g/mol. The van der Waals surface area contributed by atoms with Crippen molar-refractivity contribution in [2.24, 2.45) is 11.8 Å². The van der Waals surface area contributed by atoms with E-state index in [9.17, 15) is 4.79 Å². The van der Waals surface area contributed by atoms with Crippen LogP contribution in [0.3, 0.4) is 0 Å². The number of nitrogens with zero attached hydrogens (tertiary/aromatic N) is 1. The van der Waals surface area contributed by atoms with Crippen molar-refractivity contribution in [3.63, 3.8) is 0 Å². The zero-order chi connectivity index (χ0) is 8.72. The molecule has 1 heterocycles. The third-order valence-electron chi connectivity index (χ3n) is 3.37. The second kappa shape index (κ2) is 2.84. The van der Waals surface area contributed by atoms with Crippen molar-refractivity contribution < 1.29 is 4.79 Å². The van der Waals surface area contributed by atoms with Crippen molar-refractivity contribution in [1.29, 1.82) is 0 Å². The molecular weight excluding hydrogens is 150 g/mol. The molecule has 1 saturated carbocycles. The van der Waals surface area contributed by atoms with E-state index in [1.54, 1.807) is 0 Å². The SMILES string of the molecule is CC(C)N1C[C@@H]2CCC(=O)[C@@H]2C1. The number of likely N-dealkylation sites (tertiary alicyclic amines) is 1. The lowest BCUT2D eigenvalue weighted by Gasteiger charge is -2.20. The first-order valence-corrected chi connectivity index (χ1v) is 4.95. The molecule has 0 radical (unpaired) electrons. The van der Waals surface area contributed by atoms with Gasteiger partial charge < -0.3 is 0 Å². The zero-order valence-corrected chi connectivity index (χ0v) is 7.92. The van der Waals surface area contributed by atoms with Gasteiger partial charge in [-0.05, 0) is 26.2 Å². The van der Waals surface area contributed by atoms with Gasteiger partial charge in [0.15, 0.2) is 0 Å². The Morgan fingerprint density at radius 3 is 2.75 bits per heavy atom. The number of fused-ring (bicyclic) bond motifs is 1. The zero-order valence-electron chi connectivity index (χ0n) is 7.92. The first kappa shape index (κ1) is 8.24. The Labute approximate surface area is 73.9 Å². The summed E-state index contributed by atoms with van der Waals surface area (Å²) >= 11 is 0. The standard InChI is InChI=1S/C10H17NO/c1-7(2)11-5-8-3-4-10(12)9(8)6-11/h7-9H,3-6H2,1-2H3/t8-,9+/m0/s1. The smallest absolute Gasteiger partial charge is 0.137 e. The van der Waals surface area contributed by atoms with Crippen molar-refractivity contribution >= 4 is 5.78 Å². The summed E-state index contributed by atoms with van der Waals surface area (Å²) in [6.45, 7) is 6.62. The normalized spacial score (nSPS) is 36.4. The molecule has 0 amide bonds. The van der Waals surface area contributed by atoms with E-state index in [-0.39, 0.29) is 0 Å². The van der Waals surface area contributed by atoms with Gasteiger partial charge >= 0.3 is 0 Å². The van der Waals surface area contributed by atoms with Crippen LogP contribution in [0.5, 0.6) is 0 Å². The Hall–Kier alpha value is -0.370. The van der Waals surface area contributed by atoms with Gasteiger partial charge in [0.1, 0.15) is 5.78 Å². The summed E-state index contributed by atoms with van der Waals surface area (Å²) in [5.41, 5.74) is 0. The molecule has 1 aliphatic heterocycles. The Morgan fingerprint density at radius 2 is 2.17 bits per heavy atom. The number of hydrogen-bond donors (Lipinski definition) is 0. The maximum Gasteiger partial charge on any atom is 0.137 e. The lowest BCUT2D eigenvalue weighted by molar-refractivity contribution is -0.120. The molecule has 0 bridgehead atoms. The molecule has 2 fully saturated rings. The Bertz CT molecular complexity index is 200. The number of hydrogen-bond acceptors (Lipinski definition) is 2. The van der Waals surface area contributed by atoms with Crippen molar-refractivity contribution in [1.82, 2.24) is 4.90 Å². The molecule has 2 aliphatic rings. The van der Waals surface area contributed by atoms with Crippen molar-refractivity contribution in [2.75, 3.05) is 13.1 Å². The minimum Gasteiger partial charge on any atom is -0.300 e. The quantitative estimate of drug-likeness (QED) is 0.587. The summed E-state index contributed by atoms with van der Waals surface area (Å²) in [5, 5.41) is 0. The molecule has 2 nitrogen and oxygen atoms in total. The van der Waals surface area contributed by atoms with Crippen molar-refractivity contribution in [2.45, 2.75) is 32.7 Å². The van der Waals surface area contributed by atoms with Crippen LogP contribution in [0.4, 0.5) is 0 Å². The number of ketones is 1. The second-order valence-electron chi connectivity index (χ2n) is 4.42. The molecule has 2 heteroatoms. The molecule has 12 heavy (non-hydrogen) atoms. The highest BCUT2D eigenvalue weighted by molar-refractivity contribution is 5.84. The van der Waals surface area contributed by atoms with Gasteiger partial charge in [0.05, 0.1) is 0 Å². The van der Waals surface area contributed by atoms with Gasteiger partial charge in [-0.25, -0.2) is 0 Å². The predicted molar refractivity (Wildman–Crippen MR) is 47.9 cm³/mol. The average Bonchev–Trinajstić information content (AvgIpc) is 2.53. The highest BCUT2D eigenvalue weighted by Gasteiger charge is 2.41. The number of carbonyl (C=O) groups excluding carboxylic acids is 1. The van der Waals surface area contributed by atoms with Gasteiger partial charge in [0, 0.05) is 31.5 Å². The molecule has 2 rings (SSSR count). The summed E-state index contributed by atoms with van der Waals surface area (Å²) in [4.78, 5) is 13.8. The van der Waals surface area contributed by atoms with E-state index in [1.165, 1.54) is 0 Å². The maximum absolute atomic E-state index is 11.4. The van der Waals surface area contributed by atoms with E-state index in [0.717, 1.165) is 25.9 Å². The third-order valence-corrected chi connectivity index (χ3v) is 3.37.